The van der Waals surface area contributed by atoms with Crippen LogP contribution in [0.2, 0.25) is 0 Å². The van der Waals surface area contributed by atoms with Crippen molar-refractivity contribution in [2.24, 2.45) is 0 Å². The lowest BCUT2D eigenvalue weighted by molar-refractivity contribution is 0.113. The Balaban J connectivity index is 1.68. The Hall–Kier alpha value is -0.0800. The molecule has 2 aliphatic carbocycles. The van der Waals surface area contributed by atoms with E-state index in [0.717, 1.165) is 12.1 Å². The van der Waals surface area contributed by atoms with E-state index in [4.69, 9.17) is 0 Å². The average Bonchev–Trinajstić information content (AvgIpc) is 2.30. The third-order valence-corrected chi connectivity index (χ3v) is 4.77. The molecule has 0 unspecified atom stereocenters. The van der Waals surface area contributed by atoms with E-state index in [1.807, 2.05) is 0 Å². The van der Waals surface area contributed by atoms with Crippen molar-refractivity contribution in [2.45, 2.75) is 75.4 Å². The summed E-state index contributed by atoms with van der Waals surface area (Å²) in [5, 5.41) is 7.83. The summed E-state index contributed by atoms with van der Waals surface area (Å²) in [5.41, 5.74) is 0.483. The van der Waals surface area contributed by atoms with E-state index in [2.05, 4.69) is 10.6 Å². The van der Waals surface area contributed by atoms with Crippen LogP contribution in [0.15, 0.2) is 0 Å². The molecule has 0 aromatic carbocycles. The van der Waals surface area contributed by atoms with E-state index in [1.165, 1.54) is 64.3 Å². The molecule has 0 aromatic heterocycles. The third kappa shape index (κ3) is 1.94. The van der Waals surface area contributed by atoms with Crippen molar-refractivity contribution in [1.29, 1.82) is 0 Å². The predicted octanol–water partition coefficient (Wildman–Crippen LogP) is 2.19. The van der Waals surface area contributed by atoms with Crippen molar-refractivity contribution >= 4 is 0 Å². The van der Waals surface area contributed by atoms with Gasteiger partial charge in [-0.25, -0.2) is 0 Å². The minimum atomic E-state index is 0.483. The lowest BCUT2D eigenvalue weighted by Gasteiger charge is -2.50. The Morgan fingerprint density at radius 2 is 1.53 bits per heavy atom. The topological polar surface area (TPSA) is 24.1 Å². The van der Waals surface area contributed by atoms with Gasteiger partial charge in [-0.05, 0) is 25.7 Å². The number of nitrogens with one attached hydrogen (secondary N) is 2. The molecule has 1 aliphatic heterocycles. The first-order valence-electron chi connectivity index (χ1n) is 6.89. The van der Waals surface area contributed by atoms with Crippen LogP contribution in [0.4, 0.5) is 0 Å². The van der Waals surface area contributed by atoms with E-state index in [-0.39, 0.29) is 0 Å². The first-order chi connectivity index (χ1) is 7.38. The number of fused-ring (bicyclic) bond motifs is 1. The van der Waals surface area contributed by atoms with E-state index in [9.17, 15) is 0 Å². The molecule has 0 bridgehead atoms. The molecule has 3 fully saturated rings. The van der Waals surface area contributed by atoms with Gasteiger partial charge in [0.1, 0.15) is 0 Å². The zero-order chi connectivity index (χ0) is 10.1. The lowest BCUT2D eigenvalue weighted by atomic mass is 9.76. The molecule has 3 aliphatic rings. The maximum absolute atomic E-state index is 4.01. The van der Waals surface area contributed by atoms with Gasteiger partial charge in [0, 0.05) is 24.2 Å². The standard InChI is InChI=1S/C13H24N2/c1-4-8-13(9-5-1)10-14-11-6-2-3-7-12(11)15-13/h11-12,14-15H,1-10H2/t11-,12-/m1/s1. The number of hydrogen-bond donors (Lipinski definition) is 2. The maximum atomic E-state index is 4.01. The van der Waals surface area contributed by atoms with Crippen molar-refractivity contribution in [2.75, 3.05) is 6.54 Å². The highest BCUT2D eigenvalue weighted by atomic mass is 15.2. The second kappa shape index (κ2) is 4.06. The molecule has 86 valence electrons. The van der Waals surface area contributed by atoms with Crippen LogP contribution in [-0.2, 0) is 0 Å². The van der Waals surface area contributed by atoms with E-state index in [0.29, 0.717) is 5.54 Å². The molecule has 2 saturated carbocycles. The molecule has 2 nitrogen and oxygen atoms in total. The van der Waals surface area contributed by atoms with Crippen molar-refractivity contribution in [3.05, 3.63) is 0 Å². The van der Waals surface area contributed by atoms with E-state index >= 15 is 0 Å². The summed E-state index contributed by atoms with van der Waals surface area (Å²) in [7, 11) is 0. The molecule has 0 radical (unpaired) electrons. The van der Waals surface area contributed by atoms with E-state index < -0.39 is 0 Å². The molecule has 3 rings (SSSR count). The monoisotopic (exact) mass is 208 g/mol. The Labute approximate surface area is 93.2 Å². The quantitative estimate of drug-likeness (QED) is 0.637. The first kappa shape index (κ1) is 10.1. The summed E-state index contributed by atoms with van der Waals surface area (Å²) >= 11 is 0. The molecule has 1 heterocycles. The predicted molar refractivity (Wildman–Crippen MR) is 63.0 cm³/mol. The largest absolute Gasteiger partial charge is 0.311 e. The molecule has 2 atom stereocenters. The highest BCUT2D eigenvalue weighted by Crippen LogP contribution is 2.33. The van der Waals surface area contributed by atoms with Crippen LogP contribution in [0, 0.1) is 0 Å². The molecule has 2 heteroatoms. The van der Waals surface area contributed by atoms with E-state index in [1.54, 1.807) is 0 Å². The lowest BCUT2D eigenvalue weighted by Crippen LogP contribution is -2.68. The molecule has 0 amide bonds. The van der Waals surface area contributed by atoms with Crippen molar-refractivity contribution in [3.63, 3.8) is 0 Å². The smallest absolute Gasteiger partial charge is 0.0309 e. The van der Waals surface area contributed by atoms with Crippen LogP contribution < -0.4 is 10.6 Å². The van der Waals surface area contributed by atoms with Gasteiger partial charge in [-0.15, -0.1) is 0 Å². The highest BCUT2D eigenvalue weighted by molar-refractivity contribution is 5.03. The second-order valence-corrected chi connectivity index (χ2v) is 5.86. The fraction of sp³-hybridized carbons (Fsp3) is 1.00. The van der Waals surface area contributed by atoms with Gasteiger partial charge in [0.2, 0.25) is 0 Å². The van der Waals surface area contributed by atoms with Gasteiger partial charge >= 0.3 is 0 Å². The number of rotatable bonds is 0. The van der Waals surface area contributed by atoms with Gasteiger partial charge in [0.25, 0.3) is 0 Å². The Bertz CT molecular complexity index is 221. The van der Waals surface area contributed by atoms with Gasteiger partial charge < -0.3 is 10.6 Å². The van der Waals surface area contributed by atoms with Crippen molar-refractivity contribution in [1.82, 2.24) is 10.6 Å². The third-order valence-electron chi connectivity index (χ3n) is 4.77. The minimum absolute atomic E-state index is 0.483. The summed E-state index contributed by atoms with van der Waals surface area (Å²) in [6, 6.07) is 1.57. The van der Waals surface area contributed by atoms with Crippen LogP contribution in [0.3, 0.4) is 0 Å². The second-order valence-electron chi connectivity index (χ2n) is 5.86. The maximum Gasteiger partial charge on any atom is 0.0309 e. The Kier molecular flexibility index (Phi) is 2.73. The summed E-state index contributed by atoms with van der Waals surface area (Å²) in [4.78, 5) is 0. The molecule has 1 saturated heterocycles. The highest BCUT2D eigenvalue weighted by Gasteiger charge is 2.40. The van der Waals surface area contributed by atoms with Crippen molar-refractivity contribution in [3.8, 4) is 0 Å². The van der Waals surface area contributed by atoms with Crippen LogP contribution in [-0.4, -0.2) is 24.2 Å². The number of piperazine rings is 1. The van der Waals surface area contributed by atoms with Gasteiger partial charge in [-0.3, -0.25) is 0 Å². The van der Waals surface area contributed by atoms with Crippen LogP contribution >= 0.6 is 0 Å². The van der Waals surface area contributed by atoms with Crippen LogP contribution in [0.5, 0.6) is 0 Å². The van der Waals surface area contributed by atoms with Gasteiger partial charge in [-0.2, -0.15) is 0 Å². The zero-order valence-corrected chi connectivity index (χ0v) is 9.73. The Morgan fingerprint density at radius 1 is 0.800 bits per heavy atom. The molecule has 0 aromatic rings. The molecular formula is C13H24N2. The van der Waals surface area contributed by atoms with Crippen LogP contribution in [0.1, 0.15) is 57.8 Å². The van der Waals surface area contributed by atoms with Gasteiger partial charge in [-0.1, -0.05) is 32.1 Å². The molecule has 1 spiro atoms. The minimum Gasteiger partial charge on any atom is -0.311 e. The van der Waals surface area contributed by atoms with Gasteiger partial charge in [0.05, 0.1) is 0 Å². The summed E-state index contributed by atoms with van der Waals surface area (Å²) in [6.07, 6.45) is 12.8. The fourth-order valence-electron chi connectivity index (χ4n) is 3.87. The molecule has 2 N–H and O–H groups in total. The average molecular weight is 208 g/mol. The Morgan fingerprint density at radius 3 is 2.33 bits per heavy atom. The van der Waals surface area contributed by atoms with Crippen LogP contribution in [0.25, 0.3) is 0 Å². The summed E-state index contributed by atoms with van der Waals surface area (Å²) in [6.45, 7) is 1.23. The number of hydrogen-bond acceptors (Lipinski definition) is 2. The normalized spacial score (nSPS) is 40.0. The summed E-state index contributed by atoms with van der Waals surface area (Å²) in [5.74, 6) is 0. The fourth-order valence-corrected chi connectivity index (χ4v) is 3.87. The summed E-state index contributed by atoms with van der Waals surface area (Å²) < 4.78 is 0. The first-order valence-corrected chi connectivity index (χ1v) is 6.89. The zero-order valence-electron chi connectivity index (χ0n) is 9.73. The molecular weight excluding hydrogens is 184 g/mol. The van der Waals surface area contributed by atoms with Crippen molar-refractivity contribution < 1.29 is 0 Å². The van der Waals surface area contributed by atoms with Gasteiger partial charge in [0.15, 0.2) is 0 Å². The molecule has 15 heavy (non-hydrogen) atoms. The SMILES string of the molecule is C1CCC2(CC1)CN[C@@H]1CCCC[C@H]1N2.